The molecule has 4 rings (SSSR count). The van der Waals surface area contributed by atoms with Crippen molar-refractivity contribution in [3.05, 3.63) is 53.6 Å². The summed E-state index contributed by atoms with van der Waals surface area (Å²) in [5, 5.41) is 11.0. The van der Waals surface area contributed by atoms with Crippen molar-refractivity contribution in [2.75, 3.05) is 13.2 Å². The summed E-state index contributed by atoms with van der Waals surface area (Å²) in [6.07, 6.45) is 10.9. The van der Waals surface area contributed by atoms with Gasteiger partial charge in [0.15, 0.2) is 0 Å². The van der Waals surface area contributed by atoms with Crippen molar-refractivity contribution in [2.45, 2.75) is 13.0 Å². The number of fused-ring (bicyclic) bond motifs is 2. The molecule has 1 aromatic rings. The second kappa shape index (κ2) is 4.20. The lowest BCUT2D eigenvalue weighted by Gasteiger charge is -2.35. The Hall–Kier alpha value is -2.14. The molecule has 0 atom stereocenters. The molecule has 0 unspecified atom stereocenters. The minimum absolute atomic E-state index is 0.797. The lowest BCUT2D eigenvalue weighted by molar-refractivity contribution is -0.00765. The summed E-state index contributed by atoms with van der Waals surface area (Å²) in [7, 11) is 0. The van der Waals surface area contributed by atoms with Gasteiger partial charge < -0.3 is 0 Å². The van der Waals surface area contributed by atoms with Crippen molar-refractivity contribution in [3.63, 3.8) is 0 Å². The molecule has 5 nitrogen and oxygen atoms in total. The third kappa shape index (κ3) is 1.82. The van der Waals surface area contributed by atoms with E-state index < -0.39 is 0 Å². The molecule has 0 N–H and O–H groups in total. The van der Waals surface area contributed by atoms with E-state index in [1.165, 1.54) is 11.3 Å². The van der Waals surface area contributed by atoms with Crippen LogP contribution in [0.4, 0.5) is 0 Å². The first-order valence-corrected chi connectivity index (χ1v) is 6.54. The minimum atomic E-state index is 0.797. The number of pyridine rings is 1. The predicted molar refractivity (Wildman–Crippen MR) is 72.6 cm³/mol. The van der Waals surface area contributed by atoms with E-state index in [1.807, 2.05) is 29.6 Å². The normalized spacial score (nSPS) is 21.4. The first kappa shape index (κ1) is 10.8. The van der Waals surface area contributed by atoms with Gasteiger partial charge in [0.05, 0.1) is 5.70 Å². The lowest BCUT2D eigenvalue weighted by Crippen LogP contribution is -2.43. The van der Waals surface area contributed by atoms with E-state index >= 15 is 0 Å². The zero-order chi connectivity index (χ0) is 12.7. The lowest BCUT2D eigenvalue weighted by atomic mass is 10.1. The van der Waals surface area contributed by atoms with Crippen LogP contribution in [0.25, 0.3) is 0 Å². The number of hydrazone groups is 1. The van der Waals surface area contributed by atoms with Crippen LogP contribution in [-0.4, -0.2) is 39.4 Å². The van der Waals surface area contributed by atoms with E-state index in [4.69, 9.17) is 0 Å². The second-order valence-corrected chi connectivity index (χ2v) is 4.91. The summed E-state index contributed by atoms with van der Waals surface area (Å²) in [4.78, 5) is 4.45. The Morgan fingerprint density at radius 2 is 2.26 bits per heavy atom. The Bertz CT molecular complexity index is 589. The molecule has 0 aromatic carbocycles. The van der Waals surface area contributed by atoms with Crippen molar-refractivity contribution in [1.82, 2.24) is 20.0 Å². The number of allylic oxidation sites excluding steroid dienone is 2. The molecule has 0 bridgehead atoms. The van der Waals surface area contributed by atoms with Crippen LogP contribution in [0.1, 0.15) is 11.3 Å². The quantitative estimate of drug-likeness (QED) is 0.756. The molecular formula is C14H15N5. The van der Waals surface area contributed by atoms with Crippen LogP contribution in [0.5, 0.6) is 0 Å². The summed E-state index contributed by atoms with van der Waals surface area (Å²) >= 11 is 0. The van der Waals surface area contributed by atoms with Gasteiger partial charge in [0.1, 0.15) is 6.67 Å². The van der Waals surface area contributed by atoms with Gasteiger partial charge >= 0.3 is 0 Å². The van der Waals surface area contributed by atoms with Gasteiger partial charge in [-0.25, -0.2) is 10.0 Å². The molecule has 1 aromatic heterocycles. The second-order valence-electron chi connectivity index (χ2n) is 4.91. The SMILES string of the molecule is C1=CC2=CN(N3CCc4ncccc4C3)CN2N=C1. The molecule has 3 aliphatic heterocycles. The van der Waals surface area contributed by atoms with Gasteiger partial charge in [0.2, 0.25) is 0 Å². The van der Waals surface area contributed by atoms with Crippen LogP contribution >= 0.6 is 0 Å². The highest BCUT2D eigenvalue weighted by Crippen LogP contribution is 2.24. The fraction of sp³-hybridized carbons (Fsp3) is 0.286. The van der Waals surface area contributed by atoms with Crippen LogP contribution in [0.3, 0.4) is 0 Å². The van der Waals surface area contributed by atoms with Crippen molar-refractivity contribution in [1.29, 1.82) is 0 Å². The van der Waals surface area contributed by atoms with Gasteiger partial charge in [-0.05, 0) is 23.8 Å². The van der Waals surface area contributed by atoms with E-state index in [0.29, 0.717) is 0 Å². The van der Waals surface area contributed by atoms with Crippen LogP contribution in [0.2, 0.25) is 0 Å². The summed E-state index contributed by atoms with van der Waals surface area (Å²) in [6.45, 7) is 2.73. The van der Waals surface area contributed by atoms with Crippen molar-refractivity contribution in [2.24, 2.45) is 5.10 Å². The van der Waals surface area contributed by atoms with Crippen LogP contribution in [0.15, 0.2) is 47.5 Å². The molecule has 0 aliphatic carbocycles. The summed E-state index contributed by atoms with van der Waals surface area (Å²) in [5.74, 6) is 0. The number of nitrogens with zero attached hydrogens (tertiary/aromatic N) is 5. The van der Waals surface area contributed by atoms with E-state index in [1.54, 1.807) is 0 Å². The van der Waals surface area contributed by atoms with E-state index in [-0.39, 0.29) is 0 Å². The number of rotatable bonds is 1. The van der Waals surface area contributed by atoms with Crippen LogP contribution in [-0.2, 0) is 13.0 Å². The van der Waals surface area contributed by atoms with E-state index in [2.05, 4.69) is 38.4 Å². The van der Waals surface area contributed by atoms with E-state index in [0.717, 1.165) is 31.9 Å². The maximum Gasteiger partial charge on any atom is 0.127 e. The van der Waals surface area contributed by atoms with Gasteiger partial charge in [-0.15, -0.1) is 0 Å². The molecule has 0 spiro atoms. The zero-order valence-electron chi connectivity index (χ0n) is 10.6. The monoisotopic (exact) mass is 253 g/mol. The maximum atomic E-state index is 4.45. The molecule has 0 saturated heterocycles. The highest BCUT2D eigenvalue weighted by atomic mass is 15.7. The molecule has 3 aliphatic rings. The molecule has 96 valence electrons. The Labute approximate surface area is 112 Å². The van der Waals surface area contributed by atoms with E-state index in [9.17, 15) is 0 Å². The van der Waals surface area contributed by atoms with Gasteiger partial charge in [0.25, 0.3) is 0 Å². The number of hydrogen-bond donors (Lipinski definition) is 0. The first-order chi connectivity index (χ1) is 9.40. The molecular weight excluding hydrogens is 238 g/mol. The van der Waals surface area contributed by atoms with Crippen molar-refractivity contribution in [3.8, 4) is 0 Å². The summed E-state index contributed by atoms with van der Waals surface area (Å²) in [6, 6.07) is 4.18. The van der Waals surface area contributed by atoms with Gasteiger partial charge in [-0.1, -0.05) is 6.07 Å². The number of hydrazine groups is 1. The Morgan fingerprint density at radius 1 is 1.26 bits per heavy atom. The Kier molecular flexibility index (Phi) is 2.38. The Balaban J connectivity index is 1.55. The molecule has 19 heavy (non-hydrogen) atoms. The molecule has 0 amide bonds. The van der Waals surface area contributed by atoms with Crippen molar-refractivity contribution < 1.29 is 0 Å². The molecule has 5 heteroatoms. The average Bonchev–Trinajstić information content (AvgIpc) is 2.90. The summed E-state index contributed by atoms with van der Waals surface area (Å²) in [5.41, 5.74) is 3.72. The molecule has 0 radical (unpaired) electrons. The van der Waals surface area contributed by atoms with Gasteiger partial charge in [-0.2, -0.15) is 5.10 Å². The predicted octanol–water partition coefficient (Wildman–Crippen LogP) is 1.33. The topological polar surface area (TPSA) is 35.0 Å². The summed E-state index contributed by atoms with van der Waals surface area (Å²) < 4.78 is 0. The number of aromatic nitrogens is 1. The molecule has 0 saturated carbocycles. The fourth-order valence-corrected chi connectivity index (χ4v) is 2.71. The highest BCUT2D eigenvalue weighted by Gasteiger charge is 2.27. The average molecular weight is 253 g/mol. The van der Waals surface area contributed by atoms with Gasteiger partial charge in [0, 0.05) is 43.8 Å². The first-order valence-electron chi connectivity index (χ1n) is 6.54. The third-order valence-corrected chi connectivity index (χ3v) is 3.72. The molecule has 0 fully saturated rings. The Morgan fingerprint density at radius 3 is 3.21 bits per heavy atom. The number of hydrogen-bond acceptors (Lipinski definition) is 5. The minimum Gasteiger partial charge on any atom is -0.289 e. The largest absolute Gasteiger partial charge is 0.289 e. The standard InChI is InChI=1S/C14H15N5/c1-3-12-9-17(8-5-14(12)15-6-1)18-10-13-4-2-7-16-19(13)11-18/h1-4,6-7,10H,5,8-9,11H2. The van der Waals surface area contributed by atoms with Crippen LogP contribution in [0, 0.1) is 0 Å². The van der Waals surface area contributed by atoms with Crippen LogP contribution < -0.4 is 0 Å². The zero-order valence-corrected chi connectivity index (χ0v) is 10.6. The maximum absolute atomic E-state index is 4.45. The fourth-order valence-electron chi connectivity index (χ4n) is 2.71. The smallest absolute Gasteiger partial charge is 0.127 e. The van der Waals surface area contributed by atoms with Crippen molar-refractivity contribution >= 4 is 6.21 Å². The van der Waals surface area contributed by atoms with Gasteiger partial charge in [-0.3, -0.25) is 9.99 Å². The molecule has 4 heterocycles. The highest BCUT2D eigenvalue weighted by molar-refractivity contribution is 5.73. The third-order valence-electron chi connectivity index (χ3n) is 3.72.